The van der Waals surface area contributed by atoms with Crippen molar-refractivity contribution in [3.63, 3.8) is 0 Å². The molecule has 2 N–H and O–H groups in total. The summed E-state index contributed by atoms with van der Waals surface area (Å²) >= 11 is 13.3. The van der Waals surface area contributed by atoms with Crippen LogP contribution in [-0.4, -0.2) is 22.1 Å². The molecule has 1 amide bonds. The van der Waals surface area contributed by atoms with E-state index in [-0.39, 0.29) is 11.3 Å². The summed E-state index contributed by atoms with van der Waals surface area (Å²) < 4.78 is 0. The predicted octanol–water partition coefficient (Wildman–Crippen LogP) is 3.19. The SMILES string of the molecule is CSCc1nc(C(=O)Nc2cc(Cl)ccc2Cl)cc(=O)[nH]1. The van der Waals surface area contributed by atoms with E-state index < -0.39 is 5.91 Å². The lowest BCUT2D eigenvalue weighted by Crippen LogP contribution is -2.20. The lowest BCUT2D eigenvalue weighted by atomic mass is 10.3. The van der Waals surface area contributed by atoms with Gasteiger partial charge in [0.15, 0.2) is 0 Å². The molecule has 1 aromatic heterocycles. The minimum absolute atomic E-state index is 0.0267. The van der Waals surface area contributed by atoms with E-state index in [9.17, 15) is 9.59 Å². The molecule has 0 radical (unpaired) electrons. The summed E-state index contributed by atoms with van der Waals surface area (Å²) in [6.45, 7) is 0. The van der Waals surface area contributed by atoms with Crippen LogP contribution < -0.4 is 10.9 Å². The van der Waals surface area contributed by atoms with Gasteiger partial charge < -0.3 is 10.3 Å². The van der Waals surface area contributed by atoms with Crippen molar-refractivity contribution in [3.05, 3.63) is 56.2 Å². The molecule has 2 aromatic rings. The van der Waals surface area contributed by atoms with Crippen molar-refractivity contribution in [3.8, 4) is 0 Å². The molecular formula is C13H11Cl2N3O2S. The molecule has 0 bridgehead atoms. The first-order chi connectivity index (χ1) is 9.99. The number of hydrogen-bond donors (Lipinski definition) is 2. The second-order valence-electron chi connectivity index (χ2n) is 4.09. The molecule has 0 unspecified atom stereocenters. The number of anilines is 1. The van der Waals surface area contributed by atoms with Crippen molar-refractivity contribution in [1.29, 1.82) is 0 Å². The summed E-state index contributed by atoms with van der Waals surface area (Å²) in [6, 6.07) is 5.85. The van der Waals surface area contributed by atoms with Crippen LogP contribution >= 0.6 is 35.0 Å². The number of aromatic amines is 1. The zero-order chi connectivity index (χ0) is 15.4. The first-order valence-electron chi connectivity index (χ1n) is 5.85. The van der Waals surface area contributed by atoms with Gasteiger partial charge in [0.1, 0.15) is 11.5 Å². The second-order valence-corrected chi connectivity index (χ2v) is 5.80. The third-order valence-corrected chi connectivity index (χ3v) is 3.61. The van der Waals surface area contributed by atoms with Crippen LogP contribution in [0.15, 0.2) is 29.1 Å². The molecule has 1 heterocycles. The summed E-state index contributed by atoms with van der Waals surface area (Å²) in [4.78, 5) is 30.4. The Bertz CT molecular complexity index is 734. The van der Waals surface area contributed by atoms with E-state index in [4.69, 9.17) is 23.2 Å². The number of halogens is 2. The maximum Gasteiger partial charge on any atom is 0.274 e. The van der Waals surface area contributed by atoms with Gasteiger partial charge in [0.25, 0.3) is 11.5 Å². The molecule has 21 heavy (non-hydrogen) atoms. The number of nitrogens with zero attached hydrogens (tertiary/aromatic N) is 1. The third-order valence-electron chi connectivity index (χ3n) is 2.48. The Morgan fingerprint density at radius 2 is 2.14 bits per heavy atom. The highest BCUT2D eigenvalue weighted by molar-refractivity contribution is 7.97. The van der Waals surface area contributed by atoms with Crippen molar-refractivity contribution >= 4 is 46.6 Å². The second kappa shape index (κ2) is 6.98. The summed E-state index contributed by atoms with van der Waals surface area (Å²) in [5, 5.41) is 3.38. The molecule has 0 aliphatic heterocycles. The first kappa shape index (κ1) is 15.9. The number of benzene rings is 1. The molecule has 0 saturated heterocycles. The predicted molar refractivity (Wildman–Crippen MR) is 86.5 cm³/mol. The van der Waals surface area contributed by atoms with Crippen molar-refractivity contribution in [2.45, 2.75) is 5.75 Å². The van der Waals surface area contributed by atoms with Gasteiger partial charge in [0.2, 0.25) is 0 Å². The summed E-state index contributed by atoms with van der Waals surface area (Å²) in [5.41, 5.74) is 0.0119. The van der Waals surface area contributed by atoms with Crippen molar-refractivity contribution in [2.24, 2.45) is 0 Å². The zero-order valence-electron chi connectivity index (χ0n) is 10.9. The fourth-order valence-electron chi connectivity index (χ4n) is 1.61. The molecule has 0 aliphatic carbocycles. The number of aromatic nitrogens is 2. The quantitative estimate of drug-likeness (QED) is 0.893. The maximum absolute atomic E-state index is 12.2. The van der Waals surface area contributed by atoms with Gasteiger partial charge >= 0.3 is 0 Å². The Morgan fingerprint density at radius 3 is 2.86 bits per heavy atom. The van der Waals surface area contributed by atoms with Crippen LogP contribution in [-0.2, 0) is 5.75 Å². The fraction of sp³-hybridized carbons (Fsp3) is 0.154. The minimum Gasteiger partial charge on any atom is -0.319 e. The van der Waals surface area contributed by atoms with Crippen LogP contribution in [0.4, 0.5) is 5.69 Å². The lowest BCUT2D eigenvalue weighted by molar-refractivity contribution is 0.102. The van der Waals surface area contributed by atoms with Crippen LogP contribution in [0.25, 0.3) is 0 Å². The van der Waals surface area contributed by atoms with Gasteiger partial charge in [0, 0.05) is 11.1 Å². The van der Waals surface area contributed by atoms with Gasteiger partial charge in [-0.05, 0) is 24.5 Å². The Labute approximate surface area is 135 Å². The van der Waals surface area contributed by atoms with Crippen LogP contribution in [0.2, 0.25) is 10.0 Å². The molecule has 110 valence electrons. The average Bonchev–Trinajstić information content (AvgIpc) is 2.42. The monoisotopic (exact) mass is 343 g/mol. The highest BCUT2D eigenvalue weighted by Gasteiger charge is 2.12. The van der Waals surface area contributed by atoms with Crippen LogP contribution in [0.5, 0.6) is 0 Å². The van der Waals surface area contributed by atoms with E-state index in [1.54, 1.807) is 12.1 Å². The molecule has 2 rings (SSSR count). The van der Waals surface area contributed by atoms with Crippen LogP contribution in [0.3, 0.4) is 0 Å². The van der Waals surface area contributed by atoms with Crippen molar-refractivity contribution in [2.75, 3.05) is 11.6 Å². The largest absolute Gasteiger partial charge is 0.319 e. The van der Waals surface area contributed by atoms with Crippen LogP contribution in [0, 0.1) is 0 Å². The van der Waals surface area contributed by atoms with Crippen molar-refractivity contribution in [1.82, 2.24) is 9.97 Å². The topological polar surface area (TPSA) is 74.8 Å². The molecule has 0 fully saturated rings. The standard InChI is InChI=1S/C13H11Cl2N3O2S/c1-21-6-11-16-10(5-12(19)18-11)13(20)17-9-4-7(14)2-3-8(9)15/h2-5H,6H2,1H3,(H,17,20)(H,16,18,19). The number of hydrogen-bond acceptors (Lipinski definition) is 4. The number of amides is 1. The normalized spacial score (nSPS) is 10.4. The molecule has 0 atom stereocenters. The highest BCUT2D eigenvalue weighted by atomic mass is 35.5. The molecule has 1 aromatic carbocycles. The number of nitrogens with one attached hydrogen (secondary N) is 2. The van der Waals surface area contributed by atoms with Gasteiger partial charge in [0.05, 0.1) is 16.5 Å². The van der Waals surface area contributed by atoms with Crippen LogP contribution in [0.1, 0.15) is 16.3 Å². The number of carbonyl (C=O) groups is 1. The summed E-state index contributed by atoms with van der Waals surface area (Å²) in [7, 11) is 0. The van der Waals surface area contributed by atoms with Gasteiger partial charge in [-0.2, -0.15) is 11.8 Å². The fourth-order valence-corrected chi connectivity index (χ4v) is 2.36. The minimum atomic E-state index is -0.521. The summed E-state index contributed by atoms with van der Waals surface area (Å²) in [5.74, 6) is 0.429. The van der Waals surface area contributed by atoms with E-state index in [2.05, 4.69) is 15.3 Å². The van der Waals surface area contributed by atoms with E-state index in [0.717, 1.165) is 6.07 Å². The number of H-pyrrole nitrogens is 1. The lowest BCUT2D eigenvalue weighted by Gasteiger charge is -2.08. The van der Waals surface area contributed by atoms with E-state index in [1.165, 1.54) is 17.8 Å². The van der Waals surface area contributed by atoms with E-state index >= 15 is 0 Å². The Kier molecular flexibility index (Phi) is 5.27. The van der Waals surface area contributed by atoms with Crippen molar-refractivity contribution < 1.29 is 4.79 Å². The Balaban J connectivity index is 2.28. The van der Waals surface area contributed by atoms with E-state index in [0.29, 0.717) is 27.3 Å². The maximum atomic E-state index is 12.2. The Hall–Kier alpha value is -1.50. The molecule has 8 heteroatoms. The van der Waals surface area contributed by atoms with Gasteiger partial charge in [-0.25, -0.2) is 4.98 Å². The molecule has 0 aliphatic rings. The summed E-state index contributed by atoms with van der Waals surface area (Å²) in [6.07, 6.45) is 1.87. The molecule has 0 saturated carbocycles. The van der Waals surface area contributed by atoms with Gasteiger partial charge in [-0.1, -0.05) is 23.2 Å². The zero-order valence-corrected chi connectivity index (χ0v) is 13.3. The molecule has 5 nitrogen and oxygen atoms in total. The highest BCUT2D eigenvalue weighted by Crippen LogP contribution is 2.25. The molecule has 0 spiro atoms. The number of thioether (sulfide) groups is 1. The number of rotatable bonds is 4. The number of carbonyl (C=O) groups excluding carboxylic acids is 1. The average molecular weight is 344 g/mol. The molecular weight excluding hydrogens is 333 g/mol. The van der Waals surface area contributed by atoms with Gasteiger partial charge in [-0.3, -0.25) is 9.59 Å². The third kappa shape index (κ3) is 4.23. The first-order valence-corrected chi connectivity index (χ1v) is 8.00. The van der Waals surface area contributed by atoms with Gasteiger partial charge in [-0.15, -0.1) is 0 Å². The van der Waals surface area contributed by atoms with E-state index in [1.807, 2.05) is 6.26 Å². The smallest absolute Gasteiger partial charge is 0.274 e. The Morgan fingerprint density at radius 1 is 1.38 bits per heavy atom.